The molecule has 1 aromatic rings. The molecule has 1 aromatic carbocycles. The SMILES string of the molecule is Cc1ccc(SC2CCCC2)c(C(=O)NCCC(C)O)c1. The van der Waals surface area contributed by atoms with Gasteiger partial charge < -0.3 is 10.4 Å². The Kier molecular flexibility index (Phi) is 6.12. The Morgan fingerprint density at radius 3 is 2.81 bits per heavy atom. The Bertz CT molecular complexity index is 482. The molecule has 0 aliphatic heterocycles. The van der Waals surface area contributed by atoms with Gasteiger partial charge in [-0.05, 0) is 45.2 Å². The van der Waals surface area contributed by atoms with Gasteiger partial charge in [-0.15, -0.1) is 11.8 Å². The monoisotopic (exact) mass is 307 g/mol. The number of carbonyl (C=O) groups is 1. The molecule has 2 rings (SSSR count). The summed E-state index contributed by atoms with van der Waals surface area (Å²) in [6.07, 6.45) is 5.32. The van der Waals surface area contributed by atoms with Gasteiger partial charge in [-0.3, -0.25) is 4.79 Å². The lowest BCUT2D eigenvalue weighted by Gasteiger charge is -2.14. The third kappa shape index (κ3) is 5.04. The van der Waals surface area contributed by atoms with Crippen LogP contribution in [0.5, 0.6) is 0 Å². The van der Waals surface area contributed by atoms with E-state index in [9.17, 15) is 9.90 Å². The zero-order valence-corrected chi connectivity index (χ0v) is 13.7. The number of nitrogens with one attached hydrogen (secondary N) is 1. The molecular weight excluding hydrogens is 282 g/mol. The molecule has 3 nitrogen and oxygen atoms in total. The molecule has 2 N–H and O–H groups in total. The van der Waals surface area contributed by atoms with Gasteiger partial charge in [0.05, 0.1) is 11.7 Å². The number of rotatable bonds is 6. The Morgan fingerprint density at radius 2 is 2.14 bits per heavy atom. The lowest BCUT2D eigenvalue weighted by molar-refractivity contribution is 0.0942. The van der Waals surface area contributed by atoms with E-state index < -0.39 is 0 Å². The van der Waals surface area contributed by atoms with Crippen molar-refractivity contribution < 1.29 is 9.90 Å². The molecule has 1 amide bonds. The maximum atomic E-state index is 12.4. The predicted octanol–water partition coefficient (Wildman–Crippen LogP) is 3.53. The first-order valence-corrected chi connectivity index (χ1v) is 8.68. The molecule has 0 heterocycles. The van der Waals surface area contributed by atoms with Gasteiger partial charge in [-0.1, -0.05) is 24.5 Å². The van der Waals surface area contributed by atoms with Crippen molar-refractivity contribution in [3.05, 3.63) is 29.3 Å². The zero-order valence-electron chi connectivity index (χ0n) is 12.9. The van der Waals surface area contributed by atoms with E-state index in [1.165, 1.54) is 25.7 Å². The molecule has 1 unspecified atom stereocenters. The summed E-state index contributed by atoms with van der Waals surface area (Å²) in [6, 6.07) is 6.11. The molecule has 116 valence electrons. The van der Waals surface area contributed by atoms with Crippen LogP contribution in [-0.2, 0) is 0 Å². The van der Waals surface area contributed by atoms with Gasteiger partial charge in [0, 0.05) is 16.7 Å². The van der Waals surface area contributed by atoms with E-state index in [1.807, 2.05) is 24.8 Å². The lowest BCUT2D eigenvalue weighted by Crippen LogP contribution is -2.27. The molecule has 0 aromatic heterocycles. The van der Waals surface area contributed by atoms with E-state index in [4.69, 9.17) is 0 Å². The van der Waals surface area contributed by atoms with Crippen LogP contribution in [0.4, 0.5) is 0 Å². The quantitative estimate of drug-likeness (QED) is 0.845. The van der Waals surface area contributed by atoms with Crippen LogP contribution in [0.3, 0.4) is 0 Å². The summed E-state index contributed by atoms with van der Waals surface area (Å²) >= 11 is 1.84. The second-order valence-corrected chi connectivity index (χ2v) is 7.26. The molecule has 1 saturated carbocycles. The maximum absolute atomic E-state index is 12.4. The highest BCUT2D eigenvalue weighted by Crippen LogP contribution is 2.36. The standard InChI is InChI=1S/C17H25NO2S/c1-12-7-8-16(21-14-5-3-4-6-14)15(11-12)17(20)18-10-9-13(2)19/h7-8,11,13-14,19H,3-6,9-10H2,1-2H3,(H,18,20). The Morgan fingerprint density at radius 1 is 1.43 bits per heavy atom. The number of hydrogen-bond acceptors (Lipinski definition) is 3. The summed E-state index contributed by atoms with van der Waals surface area (Å²) in [7, 11) is 0. The summed E-state index contributed by atoms with van der Waals surface area (Å²) in [4.78, 5) is 13.5. The summed E-state index contributed by atoms with van der Waals surface area (Å²) in [5, 5.41) is 12.8. The molecule has 1 aliphatic rings. The minimum absolute atomic E-state index is 0.0279. The van der Waals surface area contributed by atoms with Crippen LogP contribution in [0, 0.1) is 6.92 Å². The molecule has 1 fully saturated rings. The summed E-state index contributed by atoms with van der Waals surface area (Å²) in [5.74, 6) is -0.0279. The van der Waals surface area contributed by atoms with Crippen LogP contribution >= 0.6 is 11.8 Å². The molecule has 0 spiro atoms. The molecule has 0 bridgehead atoms. The maximum Gasteiger partial charge on any atom is 0.252 e. The zero-order chi connectivity index (χ0) is 15.2. The van der Waals surface area contributed by atoms with Gasteiger partial charge in [-0.25, -0.2) is 0 Å². The number of aliphatic hydroxyl groups is 1. The largest absolute Gasteiger partial charge is 0.393 e. The molecular formula is C17H25NO2S. The summed E-state index contributed by atoms with van der Waals surface area (Å²) < 4.78 is 0. The number of hydrogen-bond donors (Lipinski definition) is 2. The van der Waals surface area contributed by atoms with Gasteiger partial charge in [-0.2, -0.15) is 0 Å². The summed E-state index contributed by atoms with van der Waals surface area (Å²) in [6.45, 7) is 4.26. The molecule has 1 atom stereocenters. The van der Waals surface area contributed by atoms with Crippen LogP contribution in [0.25, 0.3) is 0 Å². The van der Waals surface area contributed by atoms with Crippen molar-refractivity contribution in [2.75, 3.05) is 6.54 Å². The minimum atomic E-state index is -0.379. The van der Waals surface area contributed by atoms with Gasteiger partial charge in [0.15, 0.2) is 0 Å². The van der Waals surface area contributed by atoms with Gasteiger partial charge >= 0.3 is 0 Å². The molecule has 0 radical (unpaired) electrons. The normalized spacial score (nSPS) is 16.9. The van der Waals surface area contributed by atoms with Crippen molar-refractivity contribution in [1.82, 2.24) is 5.32 Å². The highest BCUT2D eigenvalue weighted by Gasteiger charge is 2.19. The number of carbonyl (C=O) groups excluding carboxylic acids is 1. The topological polar surface area (TPSA) is 49.3 Å². The van der Waals surface area contributed by atoms with Crippen molar-refractivity contribution in [3.8, 4) is 0 Å². The first-order valence-electron chi connectivity index (χ1n) is 7.80. The van der Waals surface area contributed by atoms with E-state index in [1.54, 1.807) is 6.92 Å². The van der Waals surface area contributed by atoms with E-state index >= 15 is 0 Å². The average molecular weight is 307 g/mol. The van der Waals surface area contributed by atoms with Crippen LogP contribution in [0.2, 0.25) is 0 Å². The highest BCUT2D eigenvalue weighted by atomic mass is 32.2. The Balaban J connectivity index is 2.04. The summed E-state index contributed by atoms with van der Waals surface area (Å²) in [5.41, 5.74) is 1.88. The van der Waals surface area contributed by atoms with Crippen LogP contribution in [-0.4, -0.2) is 28.9 Å². The lowest BCUT2D eigenvalue weighted by atomic mass is 10.1. The van der Waals surface area contributed by atoms with E-state index in [0.29, 0.717) is 18.2 Å². The van der Waals surface area contributed by atoms with Crippen molar-refractivity contribution in [2.24, 2.45) is 0 Å². The van der Waals surface area contributed by atoms with Gasteiger partial charge in [0.1, 0.15) is 0 Å². The number of aryl methyl sites for hydroxylation is 1. The first-order chi connectivity index (χ1) is 10.1. The molecule has 4 heteroatoms. The Hall–Kier alpha value is -1.00. The van der Waals surface area contributed by atoms with Crippen molar-refractivity contribution in [3.63, 3.8) is 0 Å². The van der Waals surface area contributed by atoms with E-state index in [0.717, 1.165) is 16.0 Å². The Labute approximate surface area is 131 Å². The first kappa shape index (κ1) is 16.4. The smallest absolute Gasteiger partial charge is 0.252 e. The van der Waals surface area contributed by atoms with Crippen LogP contribution in [0.15, 0.2) is 23.1 Å². The predicted molar refractivity (Wildman–Crippen MR) is 87.9 cm³/mol. The van der Waals surface area contributed by atoms with Crippen LogP contribution < -0.4 is 5.32 Å². The molecule has 21 heavy (non-hydrogen) atoms. The van der Waals surface area contributed by atoms with Crippen molar-refractivity contribution >= 4 is 17.7 Å². The number of aliphatic hydroxyl groups excluding tert-OH is 1. The third-order valence-electron chi connectivity index (χ3n) is 3.82. The average Bonchev–Trinajstić information content (AvgIpc) is 2.93. The minimum Gasteiger partial charge on any atom is -0.393 e. The van der Waals surface area contributed by atoms with E-state index in [-0.39, 0.29) is 12.0 Å². The second-order valence-electron chi connectivity index (χ2n) is 5.92. The number of thioether (sulfide) groups is 1. The fourth-order valence-electron chi connectivity index (χ4n) is 2.60. The van der Waals surface area contributed by atoms with Gasteiger partial charge in [0.2, 0.25) is 0 Å². The third-order valence-corrected chi connectivity index (χ3v) is 5.24. The highest BCUT2D eigenvalue weighted by molar-refractivity contribution is 8.00. The van der Waals surface area contributed by atoms with Crippen molar-refractivity contribution in [2.45, 2.75) is 62.2 Å². The fraction of sp³-hybridized carbons (Fsp3) is 0.588. The molecule has 1 aliphatic carbocycles. The van der Waals surface area contributed by atoms with E-state index in [2.05, 4.69) is 17.4 Å². The second kappa shape index (κ2) is 7.85. The van der Waals surface area contributed by atoms with Crippen LogP contribution in [0.1, 0.15) is 54.9 Å². The van der Waals surface area contributed by atoms with Crippen molar-refractivity contribution in [1.29, 1.82) is 0 Å². The fourth-order valence-corrected chi connectivity index (χ4v) is 3.95. The van der Waals surface area contributed by atoms with Gasteiger partial charge in [0.25, 0.3) is 5.91 Å². The molecule has 0 saturated heterocycles. The number of benzene rings is 1. The number of amides is 1.